The Morgan fingerprint density at radius 1 is 1.26 bits per heavy atom. The lowest BCUT2D eigenvalue weighted by molar-refractivity contribution is -0.196. The summed E-state index contributed by atoms with van der Waals surface area (Å²) < 4.78 is 23.6. The van der Waals surface area contributed by atoms with Gasteiger partial charge >= 0.3 is 6.16 Å². The fourth-order valence-corrected chi connectivity index (χ4v) is 6.14. The van der Waals surface area contributed by atoms with E-state index in [1.54, 1.807) is 12.1 Å². The number of nitrogen functional groups attached to an aromatic ring is 1. The molecule has 0 aromatic heterocycles. The summed E-state index contributed by atoms with van der Waals surface area (Å²) in [6, 6.07) is 7.23. The van der Waals surface area contributed by atoms with Crippen molar-refractivity contribution in [3.05, 3.63) is 29.8 Å². The third-order valence-corrected chi connectivity index (χ3v) is 8.28. The fraction of sp³-hybridized carbons (Fsp3) is 0.550. The number of benzene rings is 1. The van der Waals surface area contributed by atoms with E-state index in [0.717, 1.165) is 10.6 Å². The molecule has 1 aromatic rings. The highest BCUT2D eigenvalue weighted by Gasteiger charge is 2.45. The second-order valence-electron chi connectivity index (χ2n) is 7.81. The Morgan fingerprint density at radius 2 is 1.97 bits per heavy atom. The number of carboxylic acid groups (broad SMARTS) is 1. The average molecular weight is 453 g/mol. The lowest BCUT2D eigenvalue weighted by Gasteiger charge is -2.42. The van der Waals surface area contributed by atoms with Crippen LogP contribution < -0.4 is 5.73 Å². The summed E-state index contributed by atoms with van der Waals surface area (Å²) in [6.07, 6.45) is -0.721. The number of hydrazine groups is 1. The molecule has 1 aromatic carbocycles. The molecule has 0 bridgehead atoms. The van der Waals surface area contributed by atoms with E-state index >= 15 is 0 Å². The number of nitrogens with two attached hydrogens (primary N) is 1. The summed E-state index contributed by atoms with van der Waals surface area (Å²) in [5, 5.41) is 11.4. The van der Waals surface area contributed by atoms with Crippen LogP contribution in [0.5, 0.6) is 0 Å². The van der Waals surface area contributed by atoms with E-state index in [4.69, 9.17) is 20.1 Å². The van der Waals surface area contributed by atoms with Crippen molar-refractivity contribution in [2.24, 2.45) is 5.92 Å². The molecule has 10 nitrogen and oxygen atoms in total. The molecule has 11 heteroatoms. The van der Waals surface area contributed by atoms with Crippen LogP contribution in [-0.2, 0) is 29.8 Å². The van der Waals surface area contributed by atoms with E-state index in [0.29, 0.717) is 31.5 Å². The molecule has 3 N–H and O–H groups in total. The molecule has 3 atom stereocenters. The number of carbonyl (C=O) groups excluding carboxylic acids is 2. The summed E-state index contributed by atoms with van der Waals surface area (Å²) in [5.74, 6) is -1.46. The average Bonchev–Trinajstić information content (AvgIpc) is 2.86. The molecular weight excluding hydrogens is 425 g/mol. The Labute approximate surface area is 180 Å². The minimum Gasteiger partial charge on any atom is -0.450 e. The van der Waals surface area contributed by atoms with Crippen LogP contribution in [0.2, 0.25) is 0 Å². The highest BCUT2D eigenvalue weighted by molar-refractivity contribution is 7.59. The van der Waals surface area contributed by atoms with E-state index in [9.17, 15) is 18.9 Å². The highest BCUT2D eigenvalue weighted by Crippen LogP contribution is 2.49. The number of fused-ring (bicyclic) bond motifs is 1. The van der Waals surface area contributed by atoms with Crippen molar-refractivity contribution in [2.45, 2.75) is 38.3 Å². The van der Waals surface area contributed by atoms with Crippen molar-refractivity contribution in [3.63, 3.8) is 0 Å². The molecule has 0 spiro atoms. The smallest absolute Gasteiger partial charge is 0.450 e. The van der Waals surface area contributed by atoms with E-state index in [-0.39, 0.29) is 31.1 Å². The summed E-state index contributed by atoms with van der Waals surface area (Å²) in [4.78, 5) is 36.9. The second kappa shape index (κ2) is 9.70. The first kappa shape index (κ1) is 23.1. The van der Waals surface area contributed by atoms with E-state index in [1.165, 1.54) is 12.1 Å². The number of hydrogen-bond acceptors (Lipinski definition) is 7. The first-order valence-electron chi connectivity index (χ1n) is 10.2. The van der Waals surface area contributed by atoms with Crippen LogP contribution in [0.25, 0.3) is 0 Å². The predicted molar refractivity (Wildman–Crippen MR) is 112 cm³/mol. The lowest BCUT2D eigenvalue weighted by atomic mass is 10.0. The van der Waals surface area contributed by atoms with Gasteiger partial charge in [0.05, 0.1) is 0 Å². The second-order valence-corrected chi connectivity index (χ2v) is 10.6. The number of anilines is 1. The highest BCUT2D eigenvalue weighted by atomic mass is 31.2. The molecule has 2 aliphatic rings. The van der Waals surface area contributed by atoms with Crippen LogP contribution in [0.1, 0.15) is 31.2 Å². The van der Waals surface area contributed by atoms with E-state index in [2.05, 4.69) is 0 Å². The van der Waals surface area contributed by atoms with Crippen LogP contribution in [0.4, 0.5) is 10.5 Å². The van der Waals surface area contributed by atoms with Gasteiger partial charge in [0, 0.05) is 50.4 Å². The number of amides is 2. The number of aryl methyl sites for hydroxylation is 1. The number of ether oxygens (including phenoxy) is 1. The Kier molecular flexibility index (Phi) is 7.23. The zero-order valence-electron chi connectivity index (χ0n) is 17.4. The van der Waals surface area contributed by atoms with Gasteiger partial charge in [-0.2, -0.15) is 0 Å². The SMILES string of the molecule is COP(=O)(CCc1ccc(N)cc1)C[C@H]1CCC(=O)N2CCC[C@H](OC(=O)O)N2C1=O. The monoisotopic (exact) mass is 453 g/mol. The normalized spacial score (nSPS) is 23.6. The molecule has 0 aliphatic carbocycles. The van der Waals surface area contributed by atoms with Crippen molar-refractivity contribution in [1.29, 1.82) is 0 Å². The van der Waals surface area contributed by atoms with Crippen LogP contribution >= 0.6 is 7.37 Å². The van der Waals surface area contributed by atoms with Crippen LogP contribution in [-0.4, -0.2) is 65.3 Å². The minimum atomic E-state index is -3.18. The Hall–Kier alpha value is -2.58. The Morgan fingerprint density at radius 3 is 2.61 bits per heavy atom. The molecule has 0 radical (unpaired) electrons. The molecule has 2 fully saturated rings. The quantitative estimate of drug-likeness (QED) is 0.365. The van der Waals surface area contributed by atoms with Gasteiger partial charge in [0.25, 0.3) is 0 Å². The summed E-state index contributed by atoms with van der Waals surface area (Å²) in [7, 11) is -1.82. The maximum atomic E-state index is 13.4. The Bertz CT molecular complexity index is 876. The molecule has 170 valence electrons. The van der Waals surface area contributed by atoms with Gasteiger partial charge in [-0.1, -0.05) is 12.1 Å². The number of carbonyl (C=O) groups is 3. The first-order chi connectivity index (χ1) is 14.7. The van der Waals surface area contributed by atoms with Gasteiger partial charge in [0.1, 0.15) is 0 Å². The summed E-state index contributed by atoms with van der Waals surface area (Å²) in [6.45, 7) is 0.315. The third-order valence-electron chi connectivity index (χ3n) is 5.71. The maximum absolute atomic E-state index is 13.4. The number of hydrogen-bond donors (Lipinski definition) is 2. The topological polar surface area (TPSA) is 139 Å². The third kappa shape index (κ3) is 5.57. The van der Waals surface area contributed by atoms with Gasteiger partial charge in [-0.15, -0.1) is 0 Å². The molecule has 3 rings (SSSR count). The molecule has 0 saturated carbocycles. The van der Waals surface area contributed by atoms with Gasteiger partial charge in [-0.25, -0.2) is 14.8 Å². The molecule has 2 amide bonds. The molecule has 2 heterocycles. The van der Waals surface area contributed by atoms with Gasteiger partial charge in [-0.05, 0) is 37.0 Å². The molecule has 1 unspecified atom stereocenters. The van der Waals surface area contributed by atoms with Gasteiger partial charge in [0.2, 0.25) is 19.2 Å². The van der Waals surface area contributed by atoms with Crippen molar-refractivity contribution < 1.29 is 33.3 Å². The van der Waals surface area contributed by atoms with Gasteiger partial charge < -0.3 is 20.1 Å². The summed E-state index contributed by atoms with van der Waals surface area (Å²) >= 11 is 0. The standard InChI is InChI=1S/C20H28N3O7P/c1-29-31(28,12-10-14-4-7-16(21)8-5-14)13-15-6-9-17(24)22-11-2-3-18(30-20(26)27)23(22)19(15)25/h4-5,7-8,15,18H,2-3,6,9-13,21H2,1H3,(H,26,27)/t15-,18+,31?/m1/s1. The largest absolute Gasteiger partial charge is 0.507 e. The van der Waals surface area contributed by atoms with E-state index in [1.807, 2.05) is 12.1 Å². The first-order valence-corrected chi connectivity index (χ1v) is 12.2. The van der Waals surface area contributed by atoms with Crippen molar-refractivity contribution in [2.75, 3.05) is 31.7 Å². The van der Waals surface area contributed by atoms with Crippen LogP contribution in [0.15, 0.2) is 24.3 Å². The molecular formula is C20H28N3O7P. The van der Waals surface area contributed by atoms with Gasteiger partial charge in [0.15, 0.2) is 6.23 Å². The zero-order chi connectivity index (χ0) is 22.6. The molecule has 2 aliphatic heterocycles. The molecule has 31 heavy (non-hydrogen) atoms. The van der Waals surface area contributed by atoms with Crippen molar-refractivity contribution in [1.82, 2.24) is 10.0 Å². The lowest BCUT2D eigenvalue weighted by Crippen LogP contribution is -2.59. The summed E-state index contributed by atoms with van der Waals surface area (Å²) in [5.41, 5.74) is 7.28. The van der Waals surface area contributed by atoms with Crippen LogP contribution in [0, 0.1) is 5.92 Å². The number of nitrogens with zero attached hydrogens (tertiary/aromatic N) is 2. The predicted octanol–water partition coefficient (Wildman–Crippen LogP) is 2.53. The van der Waals surface area contributed by atoms with Crippen LogP contribution in [0.3, 0.4) is 0 Å². The number of rotatable bonds is 7. The van der Waals surface area contributed by atoms with E-state index < -0.39 is 31.6 Å². The maximum Gasteiger partial charge on any atom is 0.507 e. The van der Waals surface area contributed by atoms with Crippen molar-refractivity contribution >= 4 is 31.0 Å². The molecule has 2 saturated heterocycles. The van der Waals surface area contributed by atoms with Gasteiger partial charge in [-0.3, -0.25) is 14.2 Å². The Balaban J connectivity index is 1.75. The van der Waals surface area contributed by atoms with Crippen molar-refractivity contribution in [3.8, 4) is 0 Å². The fourth-order valence-electron chi connectivity index (χ4n) is 4.02. The minimum absolute atomic E-state index is 0.0191. The zero-order valence-corrected chi connectivity index (χ0v) is 18.3.